The maximum Gasteiger partial charge on any atom is 0.237 e. The average Bonchev–Trinajstić information content (AvgIpc) is 2.28. The van der Waals surface area contributed by atoms with Crippen LogP contribution in [0.3, 0.4) is 0 Å². The number of likely N-dealkylation sites (N-methyl/N-ethyl adjacent to an activating group) is 1. The summed E-state index contributed by atoms with van der Waals surface area (Å²) < 4.78 is 0. The molecule has 3 N–H and O–H groups in total. The molecule has 1 aliphatic rings. The number of hydrogen-bond acceptors (Lipinski definition) is 3. The Kier molecular flexibility index (Phi) is 5.22. The number of likely N-dealkylation sites (tertiary alicyclic amines) is 1. The lowest BCUT2D eigenvalue weighted by molar-refractivity contribution is -0.127. The number of carbonyl (C=O) groups is 1. The molecule has 4 heteroatoms. The smallest absolute Gasteiger partial charge is 0.237 e. The van der Waals surface area contributed by atoms with Gasteiger partial charge in [-0.05, 0) is 40.2 Å². The highest BCUT2D eigenvalue weighted by atomic mass is 16.2. The van der Waals surface area contributed by atoms with Crippen molar-refractivity contribution in [3.8, 4) is 0 Å². The van der Waals surface area contributed by atoms with Crippen LogP contribution in [-0.2, 0) is 4.79 Å². The lowest BCUT2D eigenvalue weighted by Crippen LogP contribution is -2.56. The van der Waals surface area contributed by atoms with Crippen molar-refractivity contribution in [3.63, 3.8) is 0 Å². The third-order valence-electron chi connectivity index (χ3n) is 3.43. The minimum Gasteiger partial charge on any atom is -0.355 e. The number of nitrogens with zero attached hydrogens (tertiary/aromatic N) is 1. The van der Waals surface area contributed by atoms with Crippen molar-refractivity contribution in [2.45, 2.75) is 58.2 Å². The molecular weight excluding hydrogens is 202 g/mol. The number of carbonyl (C=O) groups excluding carboxylic acids is 1. The summed E-state index contributed by atoms with van der Waals surface area (Å²) in [6.45, 7) is 7.65. The summed E-state index contributed by atoms with van der Waals surface area (Å²) in [5, 5.41) is 2.88. The molecule has 1 rings (SSSR count). The zero-order valence-electron chi connectivity index (χ0n) is 10.7. The molecule has 1 saturated heterocycles. The van der Waals surface area contributed by atoms with Crippen LogP contribution in [0.5, 0.6) is 0 Å². The SMILES string of the molecule is CCNC(=O)C(C)N1CCCCC1C(C)N. The molecule has 0 bridgehead atoms. The van der Waals surface area contributed by atoms with Gasteiger partial charge in [-0.3, -0.25) is 9.69 Å². The molecule has 0 radical (unpaired) electrons. The summed E-state index contributed by atoms with van der Waals surface area (Å²) in [5.41, 5.74) is 6.00. The maximum atomic E-state index is 11.8. The Morgan fingerprint density at radius 3 is 2.75 bits per heavy atom. The van der Waals surface area contributed by atoms with E-state index in [1.54, 1.807) is 0 Å². The summed E-state index contributed by atoms with van der Waals surface area (Å²) in [4.78, 5) is 14.1. The van der Waals surface area contributed by atoms with E-state index in [0.717, 1.165) is 13.0 Å². The van der Waals surface area contributed by atoms with E-state index in [9.17, 15) is 4.79 Å². The molecule has 4 nitrogen and oxygen atoms in total. The van der Waals surface area contributed by atoms with Crippen LogP contribution in [0.15, 0.2) is 0 Å². The summed E-state index contributed by atoms with van der Waals surface area (Å²) in [5.74, 6) is 0.120. The van der Waals surface area contributed by atoms with Crippen molar-refractivity contribution >= 4 is 5.91 Å². The van der Waals surface area contributed by atoms with E-state index in [0.29, 0.717) is 12.6 Å². The molecule has 0 aromatic carbocycles. The molecule has 16 heavy (non-hydrogen) atoms. The van der Waals surface area contributed by atoms with Crippen molar-refractivity contribution in [1.82, 2.24) is 10.2 Å². The van der Waals surface area contributed by atoms with Gasteiger partial charge in [0.1, 0.15) is 0 Å². The van der Waals surface area contributed by atoms with E-state index in [2.05, 4.69) is 10.2 Å². The number of nitrogens with two attached hydrogens (primary N) is 1. The van der Waals surface area contributed by atoms with Gasteiger partial charge in [0.15, 0.2) is 0 Å². The molecular formula is C12H25N3O. The standard InChI is InChI=1S/C12H25N3O/c1-4-14-12(16)10(3)15-8-6-5-7-11(15)9(2)13/h9-11H,4-8,13H2,1-3H3,(H,14,16). The Balaban J connectivity index is 2.63. The Hall–Kier alpha value is -0.610. The highest BCUT2D eigenvalue weighted by Gasteiger charge is 2.31. The second-order valence-electron chi connectivity index (χ2n) is 4.73. The van der Waals surface area contributed by atoms with Crippen LogP contribution in [0.1, 0.15) is 40.0 Å². The second kappa shape index (κ2) is 6.21. The molecule has 0 spiro atoms. The zero-order valence-corrected chi connectivity index (χ0v) is 10.7. The summed E-state index contributed by atoms with van der Waals surface area (Å²) in [6.07, 6.45) is 3.51. The number of amides is 1. The number of hydrogen-bond donors (Lipinski definition) is 2. The quantitative estimate of drug-likeness (QED) is 0.744. The first-order chi connectivity index (χ1) is 7.57. The number of nitrogens with one attached hydrogen (secondary N) is 1. The highest BCUT2D eigenvalue weighted by Crippen LogP contribution is 2.21. The Morgan fingerprint density at radius 1 is 1.50 bits per heavy atom. The second-order valence-corrected chi connectivity index (χ2v) is 4.73. The van der Waals surface area contributed by atoms with Gasteiger partial charge in [-0.1, -0.05) is 6.42 Å². The van der Waals surface area contributed by atoms with E-state index < -0.39 is 0 Å². The topological polar surface area (TPSA) is 58.4 Å². The van der Waals surface area contributed by atoms with Crippen molar-refractivity contribution in [2.24, 2.45) is 5.73 Å². The predicted molar refractivity (Wildman–Crippen MR) is 66.1 cm³/mol. The molecule has 0 aromatic rings. The van der Waals surface area contributed by atoms with Gasteiger partial charge in [-0.2, -0.15) is 0 Å². The largest absolute Gasteiger partial charge is 0.355 e. The monoisotopic (exact) mass is 227 g/mol. The summed E-state index contributed by atoms with van der Waals surface area (Å²) in [7, 11) is 0. The predicted octanol–water partition coefficient (Wildman–Crippen LogP) is 0.713. The fourth-order valence-electron chi connectivity index (χ4n) is 2.50. The van der Waals surface area contributed by atoms with Crippen LogP contribution in [0.4, 0.5) is 0 Å². The minimum absolute atomic E-state index is 0.0590. The first-order valence-electron chi connectivity index (χ1n) is 6.37. The van der Waals surface area contributed by atoms with Gasteiger partial charge in [0, 0.05) is 18.6 Å². The molecule has 1 heterocycles. The van der Waals surface area contributed by atoms with Crippen molar-refractivity contribution < 1.29 is 4.79 Å². The van der Waals surface area contributed by atoms with E-state index in [-0.39, 0.29) is 18.0 Å². The lowest BCUT2D eigenvalue weighted by atomic mass is 9.95. The Morgan fingerprint density at radius 2 is 2.19 bits per heavy atom. The molecule has 0 saturated carbocycles. The first-order valence-corrected chi connectivity index (χ1v) is 6.37. The third kappa shape index (κ3) is 3.19. The van der Waals surface area contributed by atoms with Crippen molar-refractivity contribution in [1.29, 1.82) is 0 Å². The molecule has 94 valence electrons. The van der Waals surface area contributed by atoms with Crippen molar-refractivity contribution in [2.75, 3.05) is 13.1 Å². The van der Waals surface area contributed by atoms with Crippen LogP contribution >= 0.6 is 0 Å². The van der Waals surface area contributed by atoms with E-state index in [1.165, 1.54) is 12.8 Å². The minimum atomic E-state index is -0.0590. The third-order valence-corrected chi connectivity index (χ3v) is 3.43. The Bertz CT molecular complexity index is 230. The van der Waals surface area contributed by atoms with E-state index in [4.69, 9.17) is 5.73 Å². The average molecular weight is 227 g/mol. The van der Waals surface area contributed by atoms with Crippen LogP contribution in [0.2, 0.25) is 0 Å². The van der Waals surface area contributed by atoms with Gasteiger partial charge in [0.2, 0.25) is 5.91 Å². The van der Waals surface area contributed by atoms with Crippen LogP contribution in [0, 0.1) is 0 Å². The van der Waals surface area contributed by atoms with Gasteiger partial charge in [-0.15, -0.1) is 0 Å². The van der Waals surface area contributed by atoms with Gasteiger partial charge in [0.25, 0.3) is 0 Å². The van der Waals surface area contributed by atoms with Crippen molar-refractivity contribution in [3.05, 3.63) is 0 Å². The van der Waals surface area contributed by atoms with Crippen LogP contribution in [0.25, 0.3) is 0 Å². The summed E-state index contributed by atoms with van der Waals surface area (Å²) in [6, 6.07) is 0.430. The maximum absolute atomic E-state index is 11.8. The molecule has 1 aliphatic heterocycles. The van der Waals surface area contributed by atoms with Gasteiger partial charge >= 0.3 is 0 Å². The molecule has 0 aromatic heterocycles. The molecule has 3 atom stereocenters. The normalized spacial score (nSPS) is 26.1. The zero-order chi connectivity index (χ0) is 12.1. The molecule has 0 aliphatic carbocycles. The number of piperidine rings is 1. The van der Waals surface area contributed by atoms with E-state index >= 15 is 0 Å². The Labute approximate surface area is 98.6 Å². The van der Waals surface area contributed by atoms with Crippen LogP contribution in [-0.4, -0.2) is 42.0 Å². The van der Waals surface area contributed by atoms with Gasteiger partial charge in [0.05, 0.1) is 6.04 Å². The fourth-order valence-corrected chi connectivity index (χ4v) is 2.50. The molecule has 1 fully saturated rings. The fraction of sp³-hybridized carbons (Fsp3) is 0.917. The van der Waals surface area contributed by atoms with Gasteiger partial charge in [-0.25, -0.2) is 0 Å². The first kappa shape index (κ1) is 13.5. The summed E-state index contributed by atoms with van der Waals surface area (Å²) >= 11 is 0. The van der Waals surface area contributed by atoms with Crippen LogP contribution < -0.4 is 11.1 Å². The molecule has 1 amide bonds. The van der Waals surface area contributed by atoms with E-state index in [1.807, 2.05) is 20.8 Å². The highest BCUT2D eigenvalue weighted by molar-refractivity contribution is 5.81. The molecule has 3 unspecified atom stereocenters. The number of rotatable bonds is 4. The van der Waals surface area contributed by atoms with Gasteiger partial charge < -0.3 is 11.1 Å². The lowest BCUT2D eigenvalue weighted by Gasteiger charge is -2.41.